The first-order valence-corrected chi connectivity index (χ1v) is 5.26. The van der Waals surface area contributed by atoms with E-state index in [1.54, 1.807) is 0 Å². The van der Waals surface area contributed by atoms with E-state index in [1.807, 2.05) is 0 Å². The lowest BCUT2D eigenvalue weighted by Gasteiger charge is -2.17. The molecule has 6 heteroatoms. The van der Waals surface area contributed by atoms with Crippen molar-refractivity contribution in [3.8, 4) is 17.2 Å². The summed E-state index contributed by atoms with van der Waals surface area (Å²) in [6.45, 7) is -0.188. The first-order valence-electron chi connectivity index (χ1n) is 5.26. The zero-order valence-electron chi connectivity index (χ0n) is 10.5. The summed E-state index contributed by atoms with van der Waals surface area (Å²) in [5, 5.41) is 18.2. The molecule has 1 rings (SSSR count). The van der Waals surface area contributed by atoms with Crippen molar-refractivity contribution in [3.05, 3.63) is 17.2 Å². The molecular weight excluding hydrogens is 240 g/mol. The van der Waals surface area contributed by atoms with E-state index in [1.165, 1.54) is 27.4 Å². The Morgan fingerprint density at radius 2 is 1.78 bits per heavy atom. The maximum absolute atomic E-state index is 11.2. The quantitative estimate of drug-likeness (QED) is 0.788. The van der Waals surface area contributed by atoms with Crippen LogP contribution in [0.5, 0.6) is 17.2 Å². The molecule has 0 radical (unpaired) electrons. The molecule has 0 fully saturated rings. The van der Waals surface area contributed by atoms with Gasteiger partial charge in [-0.1, -0.05) is 0 Å². The number of methoxy groups -OCH3 is 3. The molecule has 0 aromatic heterocycles. The number of carbonyl (C=O) groups is 1. The second kappa shape index (κ2) is 6.11. The van der Waals surface area contributed by atoms with Crippen LogP contribution in [0.4, 0.5) is 0 Å². The van der Waals surface area contributed by atoms with Crippen LogP contribution in [0.3, 0.4) is 0 Å². The normalized spacial score (nSPS) is 10.0. The zero-order chi connectivity index (χ0) is 13.7. The van der Waals surface area contributed by atoms with Crippen molar-refractivity contribution in [2.45, 2.75) is 6.42 Å². The van der Waals surface area contributed by atoms with Crippen molar-refractivity contribution in [1.82, 2.24) is 0 Å². The maximum Gasteiger partial charge on any atom is 0.336 e. The van der Waals surface area contributed by atoms with E-state index in [0.717, 1.165) is 0 Å². The molecule has 0 aliphatic rings. The first-order chi connectivity index (χ1) is 8.60. The topological polar surface area (TPSA) is 85.2 Å². The molecule has 18 heavy (non-hydrogen) atoms. The molecule has 0 bridgehead atoms. The standard InChI is InChI=1S/C12H16O6/c1-16-9-6-8(12(14)15)7(4-5-13)10(17-2)11(9)18-3/h6,13H,4-5H2,1-3H3,(H,14,15). The van der Waals surface area contributed by atoms with Crippen LogP contribution in [0, 0.1) is 0 Å². The van der Waals surface area contributed by atoms with Gasteiger partial charge < -0.3 is 24.4 Å². The largest absolute Gasteiger partial charge is 0.493 e. The molecule has 0 atom stereocenters. The van der Waals surface area contributed by atoms with E-state index in [-0.39, 0.29) is 30.1 Å². The van der Waals surface area contributed by atoms with Gasteiger partial charge in [0, 0.05) is 18.6 Å². The molecule has 0 saturated carbocycles. The van der Waals surface area contributed by atoms with Gasteiger partial charge >= 0.3 is 5.97 Å². The van der Waals surface area contributed by atoms with Gasteiger partial charge in [-0.3, -0.25) is 0 Å². The average Bonchev–Trinajstić information content (AvgIpc) is 2.37. The van der Waals surface area contributed by atoms with Gasteiger partial charge in [0.2, 0.25) is 5.75 Å². The molecule has 1 aromatic rings. The Morgan fingerprint density at radius 3 is 2.17 bits per heavy atom. The van der Waals surface area contributed by atoms with Gasteiger partial charge in [-0.25, -0.2) is 4.79 Å². The van der Waals surface area contributed by atoms with Crippen LogP contribution in [0.25, 0.3) is 0 Å². The third-order valence-corrected chi connectivity index (χ3v) is 2.53. The van der Waals surface area contributed by atoms with Crippen molar-refractivity contribution in [2.75, 3.05) is 27.9 Å². The number of carboxylic acids is 1. The van der Waals surface area contributed by atoms with Crippen LogP contribution < -0.4 is 14.2 Å². The van der Waals surface area contributed by atoms with Gasteiger partial charge in [-0.2, -0.15) is 0 Å². The Hall–Kier alpha value is -1.95. The van der Waals surface area contributed by atoms with Crippen molar-refractivity contribution >= 4 is 5.97 Å². The summed E-state index contributed by atoms with van der Waals surface area (Å²) in [6.07, 6.45) is 0.158. The molecule has 0 heterocycles. The minimum Gasteiger partial charge on any atom is -0.493 e. The number of carboxylic acid groups (broad SMARTS) is 1. The van der Waals surface area contributed by atoms with Crippen LogP contribution in [-0.2, 0) is 6.42 Å². The summed E-state index contributed by atoms with van der Waals surface area (Å²) >= 11 is 0. The van der Waals surface area contributed by atoms with E-state index in [0.29, 0.717) is 11.3 Å². The third kappa shape index (κ3) is 2.48. The third-order valence-electron chi connectivity index (χ3n) is 2.53. The molecule has 0 unspecified atom stereocenters. The Labute approximate surface area is 105 Å². The average molecular weight is 256 g/mol. The molecule has 0 saturated heterocycles. The number of benzene rings is 1. The lowest BCUT2D eigenvalue weighted by Crippen LogP contribution is -2.09. The van der Waals surface area contributed by atoms with Crippen molar-refractivity contribution in [2.24, 2.45) is 0 Å². The highest BCUT2D eigenvalue weighted by molar-refractivity contribution is 5.92. The molecule has 0 aliphatic heterocycles. The fraction of sp³-hybridized carbons (Fsp3) is 0.417. The Bertz CT molecular complexity index is 441. The monoisotopic (exact) mass is 256 g/mol. The van der Waals surface area contributed by atoms with Gasteiger partial charge in [0.25, 0.3) is 0 Å². The highest BCUT2D eigenvalue weighted by Crippen LogP contribution is 2.42. The fourth-order valence-electron chi connectivity index (χ4n) is 1.77. The summed E-state index contributed by atoms with van der Waals surface area (Å²) < 4.78 is 15.4. The van der Waals surface area contributed by atoms with E-state index in [4.69, 9.17) is 24.4 Å². The van der Waals surface area contributed by atoms with E-state index >= 15 is 0 Å². The molecule has 1 aromatic carbocycles. The fourth-order valence-corrected chi connectivity index (χ4v) is 1.77. The van der Waals surface area contributed by atoms with Gasteiger partial charge in [-0.05, 0) is 6.07 Å². The number of hydrogen-bond donors (Lipinski definition) is 2. The van der Waals surface area contributed by atoms with Gasteiger partial charge in [0.15, 0.2) is 11.5 Å². The smallest absolute Gasteiger partial charge is 0.336 e. The van der Waals surface area contributed by atoms with Crippen molar-refractivity contribution < 1.29 is 29.2 Å². The van der Waals surface area contributed by atoms with Crippen molar-refractivity contribution in [3.63, 3.8) is 0 Å². The van der Waals surface area contributed by atoms with E-state index in [9.17, 15) is 4.79 Å². The highest BCUT2D eigenvalue weighted by Gasteiger charge is 2.23. The SMILES string of the molecule is COc1cc(C(=O)O)c(CCO)c(OC)c1OC. The van der Waals surface area contributed by atoms with Crippen LogP contribution in [0.1, 0.15) is 15.9 Å². The number of hydrogen-bond acceptors (Lipinski definition) is 5. The summed E-state index contributed by atoms with van der Waals surface area (Å²) in [4.78, 5) is 11.2. The van der Waals surface area contributed by atoms with Gasteiger partial charge in [0.05, 0.1) is 26.9 Å². The molecule has 0 spiro atoms. The lowest BCUT2D eigenvalue weighted by molar-refractivity contribution is 0.0694. The molecule has 2 N–H and O–H groups in total. The highest BCUT2D eigenvalue weighted by atomic mass is 16.5. The van der Waals surface area contributed by atoms with Crippen molar-refractivity contribution in [1.29, 1.82) is 0 Å². The Morgan fingerprint density at radius 1 is 1.17 bits per heavy atom. The predicted molar refractivity (Wildman–Crippen MR) is 63.8 cm³/mol. The second-order valence-electron chi connectivity index (χ2n) is 3.45. The van der Waals surface area contributed by atoms with Gasteiger partial charge in [0.1, 0.15) is 0 Å². The minimum atomic E-state index is -1.11. The molecule has 6 nitrogen and oxygen atoms in total. The number of aliphatic hydroxyl groups is 1. The molecule has 100 valence electrons. The van der Waals surface area contributed by atoms with E-state index < -0.39 is 5.97 Å². The summed E-state index contributed by atoms with van der Waals surface area (Å²) in [5.74, 6) is -0.261. The predicted octanol–water partition coefficient (Wildman–Crippen LogP) is 0.945. The first kappa shape index (κ1) is 14.1. The summed E-state index contributed by atoms with van der Waals surface area (Å²) in [6, 6.07) is 1.36. The molecule has 0 aliphatic carbocycles. The number of ether oxygens (including phenoxy) is 3. The summed E-state index contributed by atoms with van der Waals surface area (Å²) in [5.41, 5.74) is 0.406. The van der Waals surface area contributed by atoms with Crippen LogP contribution in [0.15, 0.2) is 6.07 Å². The van der Waals surface area contributed by atoms with E-state index in [2.05, 4.69) is 0 Å². The number of aliphatic hydroxyl groups excluding tert-OH is 1. The lowest BCUT2D eigenvalue weighted by atomic mass is 10.0. The van der Waals surface area contributed by atoms with Crippen LogP contribution in [0.2, 0.25) is 0 Å². The summed E-state index contributed by atoms with van der Waals surface area (Å²) in [7, 11) is 4.25. The molecular formula is C12H16O6. The van der Waals surface area contributed by atoms with Crippen LogP contribution in [-0.4, -0.2) is 44.1 Å². The van der Waals surface area contributed by atoms with Gasteiger partial charge in [-0.15, -0.1) is 0 Å². The number of rotatable bonds is 6. The number of aromatic carboxylic acids is 1. The zero-order valence-corrected chi connectivity index (χ0v) is 10.5. The minimum absolute atomic E-state index is 0.0264. The Balaban J connectivity index is 3.57. The Kier molecular flexibility index (Phi) is 4.79. The maximum atomic E-state index is 11.2. The second-order valence-corrected chi connectivity index (χ2v) is 3.45. The molecule has 0 amide bonds. The van der Waals surface area contributed by atoms with Crippen LogP contribution >= 0.6 is 0 Å².